The summed E-state index contributed by atoms with van der Waals surface area (Å²) in [6.07, 6.45) is 1.41. The maximum atomic E-state index is 11.3. The van der Waals surface area contributed by atoms with Crippen LogP contribution in [0.2, 0.25) is 0 Å². The molecule has 9 nitrogen and oxygen atoms in total. The standard InChI is InChI=1S/C23H14N6O3/c24-13-15(22-19(14-25)23(26)28(27-22)16-6-2-1-3-7-16)12-17-10-11-21(32-17)18-8-4-5-9-20(18)29(30)31/h1-12H,26H2/b15-12-. The third-order valence-electron chi connectivity index (χ3n) is 4.69. The van der Waals surface area contributed by atoms with Gasteiger partial charge in [-0.25, -0.2) is 4.68 Å². The molecule has 2 heterocycles. The number of nitro groups is 1. The number of hydrogen-bond donors (Lipinski definition) is 1. The number of hydrogen-bond acceptors (Lipinski definition) is 7. The van der Waals surface area contributed by atoms with Gasteiger partial charge >= 0.3 is 0 Å². The van der Waals surface area contributed by atoms with E-state index in [4.69, 9.17) is 10.2 Å². The number of furan rings is 1. The monoisotopic (exact) mass is 422 g/mol. The van der Waals surface area contributed by atoms with Crippen molar-refractivity contribution in [2.24, 2.45) is 0 Å². The zero-order chi connectivity index (χ0) is 22.7. The van der Waals surface area contributed by atoms with Gasteiger partial charge in [-0.05, 0) is 30.3 Å². The van der Waals surface area contributed by atoms with Gasteiger partial charge in [-0.2, -0.15) is 15.6 Å². The second-order valence-electron chi connectivity index (χ2n) is 6.61. The summed E-state index contributed by atoms with van der Waals surface area (Å²) >= 11 is 0. The number of para-hydroxylation sites is 2. The summed E-state index contributed by atoms with van der Waals surface area (Å²) in [6, 6.07) is 22.3. The van der Waals surface area contributed by atoms with Crippen molar-refractivity contribution >= 4 is 23.2 Å². The molecule has 2 aromatic carbocycles. The van der Waals surface area contributed by atoms with Crippen molar-refractivity contribution in [1.82, 2.24) is 9.78 Å². The number of nitrogen functional groups attached to an aromatic ring is 1. The van der Waals surface area contributed by atoms with Crippen molar-refractivity contribution in [3.05, 3.63) is 93.9 Å². The van der Waals surface area contributed by atoms with Crippen molar-refractivity contribution in [3.8, 4) is 29.1 Å². The van der Waals surface area contributed by atoms with Gasteiger partial charge in [0.2, 0.25) is 0 Å². The van der Waals surface area contributed by atoms with Crippen molar-refractivity contribution in [1.29, 1.82) is 10.5 Å². The number of benzene rings is 2. The maximum absolute atomic E-state index is 11.3. The summed E-state index contributed by atoms with van der Waals surface area (Å²) in [6.45, 7) is 0. The van der Waals surface area contributed by atoms with Crippen LogP contribution in [0.4, 0.5) is 11.5 Å². The fourth-order valence-corrected chi connectivity index (χ4v) is 3.21. The Morgan fingerprint density at radius 1 is 1.09 bits per heavy atom. The number of nitriles is 2. The lowest BCUT2D eigenvalue weighted by molar-refractivity contribution is -0.384. The number of anilines is 1. The molecule has 0 atom stereocenters. The first-order valence-corrected chi connectivity index (χ1v) is 9.33. The van der Waals surface area contributed by atoms with Crippen molar-refractivity contribution in [3.63, 3.8) is 0 Å². The number of nitrogens with zero attached hydrogens (tertiary/aromatic N) is 5. The van der Waals surface area contributed by atoms with Crippen LogP contribution in [0.3, 0.4) is 0 Å². The Hall–Kier alpha value is -5.15. The summed E-state index contributed by atoms with van der Waals surface area (Å²) < 4.78 is 7.12. The van der Waals surface area contributed by atoms with Crippen molar-refractivity contribution in [2.75, 3.05) is 5.73 Å². The van der Waals surface area contributed by atoms with E-state index < -0.39 is 4.92 Å². The highest BCUT2D eigenvalue weighted by atomic mass is 16.6. The van der Waals surface area contributed by atoms with E-state index in [1.54, 1.807) is 54.6 Å². The molecule has 0 saturated carbocycles. The Morgan fingerprint density at radius 3 is 2.50 bits per heavy atom. The van der Waals surface area contributed by atoms with Gasteiger partial charge < -0.3 is 10.2 Å². The third-order valence-corrected chi connectivity index (χ3v) is 4.69. The lowest BCUT2D eigenvalue weighted by Gasteiger charge is -2.02. The average molecular weight is 422 g/mol. The molecule has 2 aromatic heterocycles. The second kappa shape index (κ2) is 8.30. The Kier molecular flexibility index (Phi) is 5.22. The van der Waals surface area contributed by atoms with E-state index >= 15 is 0 Å². The van der Waals surface area contributed by atoms with Gasteiger partial charge in [-0.1, -0.05) is 30.3 Å². The van der Waals surface area contributed by atoms with Crippen LogP contribution in [0, 0.1) is 32.8 Å². The summed E-state index contributed by atoms with van der Waals surface area (Å²) in [4.78, 5) is 10.8. The van der Waals surface area contributed by atoms with E-state index in [1.165, 1.54) is 16.8 Å². The molecule has 0 fully saturated rings. The highest BCUT2D eigenvalue weighted by Crippen LogP contribution is 2.32. The lowest BCUT2D eigenvalue weighted by Crippen LogP contribution is -2.02. The Morgan fingerprint density at radius 2 is 1.81 bits per heavy atom. The molecule has 2 N–H and O–H groups in total. The van der Waals surface area contributed by atoms with E-state index in [-0.39, 0.29) is 39.9 Å². The molecule has 4 aromatic rings. The van der Waals surface area contributed by atoms with Crippen molar-refractivity contribution < 1.29 is 9.34 Å². The highest BCUT2D eigenvalue weighted by molar-refractivity contribution is 5.91. The third kappa shape index (κ3) is 3.58. The molecule has 0 amide bonds. The Balaban J connectivity index is 1.77. The fraction of sp³-hybridized carbons (Fsp3) is 0. The van der Waals surface area contributed by atoms with Crippen LogP contribution in [-0.2, 0) is 0 Å². The molecule has 0 bridgehead atoms. The molecular formula is C23H14N6O3. The van der Waals surface area contributed by atoms with Crippen LogP contribution in [0.15, 0.2) is 71.1 Å². The quantitative estimate of drug-likeness (QED) is 0.281. The predicted molar refractivity (Wildman–Crippen MR) is 117 cm³/mol. The molecule has 0 aliphatic rings. The van der Waals surface area contributed by atoms with Crippen LogP contribution in [0.25, 0.3) is 28.7 Å². The lowest BCUT2D eigenvalue weighted by atomic mass is 10.1. The Bertz CT molecular complexity index is 1430. The molecule has 0 spiro atoms. The predicted octanol–water partition coefficient (Wildman–Crippen LogP) is 4.56. The van der Waals surface area contributed by atoms with E-state index in [0.29, 0.717) is 11.3 Å². The molecule has 0 saturated heterocycles. The van der Waals surface area contributed by atoms with E-state index in [2.05, 4.69) is 5.10 Å². The minimum absolute atomic E-state index is 0.0615. The average Bonchev–Trinajstić information content (AvgIpc) is 3.42. The molecule has 32 heavy (non-hydrogen) atoms. The molecule has 4 rings (SSSR count). The first-order chi connectivity index (χ1) is 15.5. The van der Waals surface area contributed by atoms with Crippen LogP contribution < -0.4 is 5.73 Å². The van der Waals surface area contributed by atoms with Crippen LogP contribution in [-0.4, -0.2) is 14.7 Å². The van der Waals surface area contributed by atoms with Crippen LogP contribution in [0.1, 0.15) is 17.0 Å². The molecule has 0 radical (unpaired) electrons. The van der Waals surface area contributed by atoms with Gasteiger partial charge in [-0.3, -0.25) is 10.1 Å². The molecule has 0 aliphatic heterocycles. The smallest absolute Gasteiger partial charge is 0.280 e. The molecule has 154 valence electrons. The maximum Gasteiger partial charge on any atom is 0.280 e. The molecule has 0 unspecified atom stereocenters. The molecule has 9 heteroatoms. The summed E-state index contributed by atoms with van der Waals surface area (Å²) in [5, 5.41) is 35.0. The number of nitrogens with two attached hydrogens (primary N) is 1. The zero-order valence-corrected chi connectivity index (χ0v) is 16.5. The Labute approximate surface area is 182 Å². The number of nitro benzene ring substituents is 1. The number of aromatic nitrogens is 2. The van der Waals surface area contributed by atoms with Gasteiger partial charge in [0, 0.05) is 12.1 Å². The van der Waals surface area contributed by atoms with Gasteiger partial charge in [0.1, 0.15) is 40.7 Å². The fourth-order valence-electron chi connectivity index (χ4n) is 3.21. The second-order valence-corrected chi connectivity index (χ2v) is 6.61. The first-order valence-electron chi connectivity index (χ1n) is 9.33. The van der Waals surface area contributed by atoms with E-state index in [0.717, 1.165) is 0 Å². The topological polar surface area (TPSA) is 148 Å². The minimum Gasteiger partial charge on any atom is -0.456 e. The molecule has 0 aliphatic carbocycles. The number of rotatable bonds is 5. The van der Waals surface area contributed by atoms with Crippen LogP contribution >= 0.6 is 0 Å². The summed E-state index contributed by atoms with van der Waals surface area (Å²) in [5.74, 6) is 0.650. The summed E-state index contributed by atoms with van der Waals surface area (Å²) in [5.41, 5.74) is 7.20. The van der Waals surface area contributed by atoms with Crippen molar-refractivity contribution in [2.45, 2.75) is 0 Å². The SMILES string of the molecule is N#C/C(=C/c1ccc(-c2ccccc2[N+](=O)[O-])o1)c1nn(-c2ccccc2)c(N)c1C#N. The summed E-state index contributed by atoms with van der Waals surface area (Å²) in [7, 11) is 0. The van der Waals surface area contributed by atoms with Crippen LogP contribution in [0.5, 0.6) is 0 Å². The van der Waals surface area contributed by atoms with Gasteiger partial charge in [0.25, 0.3) is 5.69 Å². The number of allylic oxidation sites excluding steroid dienone is 1. The molecular weight excluding hydrogens is 408 g/mol. The zero-order valence-electron chi connectivity index (χ0n) is 16.5. The van der Waals surface area contributed by atoms with Gasteiger partial charge in [0.15, 0.2) is 0 Å². The largest absolute Gasteiger partial charge is 0.456 e. The highest BCUT2D eigenvalue weighted by Gasteiger charge is 2.21. The normalized spacial score (nSPS) is 11.0. The first kappa shape index (κ1) is 20.1. The minimum atomic E-state index is -0.494. The van der Waals surface area contributed by atoms with Gasteiger partial charge in [0.05, 0.1) is 21.7 Å². The van der Waals surface area contributed by atoms with Gasteiger partial charge in [-0.15, -0.1) is 0 Å². The van der Waals surface area contributed by atoms with E-state index in [1.807, 2.05) is 18.2 Å². The van der Waals surface area contributed by atoms with E-state index in [9.17, 15) is 20.6 Å².